The van der Waals surface area contributed by atoms with Gasteiger partial charge in [-0.25, -0.2) is 0 Å². The van der Waals surface area contributed by atoms with Gasteiger partial charge >= 0.3 is 0 Å². The second-order valence-corrected chi connectivity index (χ2v) is 7.34. The smallest absolute Gasteiger partial charge is 0.0739 e. The topological polar surface area (TPSA) is 52.7 Å². The van der Waals surface area contributed by atoms with E-state index in [2.05, 4.69) is 47.1 Å². The Morgan fingerprint density at radius 2 is 1.72 bits per heavy atom. The van der Waals surface area contributed by atoms with Gasteiger partial charge in [-0.15, -0.1) is 0 Å². The summed E-state index contributed by atoms with van der Waals surface area (Å²) < 4.78 is 0. The van der Waals surface area contributed by atoms with Crippen molar-refractivity contribution in [2.24, 2.45) is 0 Å². The summed E-state index contributed by atoms with van der Waals surface area (Å²) in [6.45, 7) is 6.19. The van der Waals surface area contributed by atoms with Crippen molar-refractivity contribution in [1.82, 2.24) is 4.90 Å². The molecule has 2 unspecified atom stereocenters. The Bertz CT molecular complexity index is 753. The number of aliphatic hydroxyl groups is 1. The van der Waals surface area contributed by atoms with Crippen LogP contribution in [-0.4, -0.2) is 48.3 Å². The van der Waals surface area contributed by atoms with Crippen molar-refractivity contribution in [3.05, 3.63) is 59.2 Å². The minimum absolute atomic E-state index is 0.202. The van der Waals surface area contributed by atoms with Gasteiger partial charge in [0.15, 0.2) is 0 Å². The summed E-state index contributed by atoms with van der Waals surface area (Å²) in [5, 5.41) is 10.7. The number of anilines is 2. The van der Waals surface area contributed by atoms with E-state index in [0.29, 0.717) is 6.42 Å². The number of hydrogen-bond acceptors (Lipinski definition) is 4. The predicted octanol–water partition coefficient (Wildman–Crippen LogP) is 2.23. The van der Waals surface area contributed by atoms with Crippen LogP contribution in [0.1, 0.15) is 16.7 Å². The molecule has 4 rings (SSSR count). The molecule has 1 heterocycles. The molecule has 132 valence electrons. The molecule has 1 aliphatic carbocycles. The SMILES string of the molecule is Cc1ccccc1N1CCN(C2Cc3cccc(N)c3CC2O)CC1. The summed E-state index contributed by atoms with van der Waals surface area (Å²) in [4.78, 5) is 4.93. The van der Waals surface area contributed by atoms with Gasteiger partial charge in [0.2, 0.25) is 0 Å². The molecular weight excluding hydrogens is 310 g/mol. The van der Waals surface area contributed by atoms with Crippen LogP contribution in [0.5, 0.6) is 0 Å². The number of para-hydroxylation sites is 1. The minimum atomic E-state index is -0.331. The van der Waals surface area contributed by atoms with Crippen molar-refractivity contribution < 1.29 is 5.11 Å². The molecule has 2 aliphatic rings. The van der Waals surface area contributed by atoms with Crippen LogP contribution < -0.4 is 10.6 Å². The van der Waals surface area contributed by atoms with Gasteiger partial charge in [-0.1, -0.05) is 30.3 Å². The molecule has 4 nitrogen and oxygen atoms in total. The first-order chi connectivity index (χ1) is 12.1. The fourth-order valence-electron chi connectivity index (χ4n) is 4.39. The highest BCUT2D eigenvalue weighted by molar-refractivity contribution is 5.54. The van der Waals surface area contributed by atoms with Crippen LogP contribution in [-0.2, 0) is 12.8 Å². The van der Waals surface area contributed by atoms with Gasteiger partial charge < -0.3 is 15.7 Å². The largest absolute Gasteiger partial charge is 0.398 e. The Morgan fingerprint density at radius 3 is 2.48 bits per heavy atom. The number of piperazine rings is 1. The summed E-state index contributed by atoms with van der Waals surface area (Å²) in [5.74, 6) is 0. The van der Waals surface area contributed by atoms with Crippen molar-refractivity contribution >= 4 is 11.4 Å². The van der Waals surface area contributed by atoms with Gasteiger partial charge in [-0.05, 0) is 42.2 Å². The Labute approximate surface area is 149 Å². The van der Waals surface area contributed by atoms with Crippen molar-refractivity contribution in [2.45, 2.75) is 31.9 Å². The van der Waals surface area contributed by atoms with Crippen molar-refractivity contribution in [3.8, 4) is 0 Å². The molecule has 0 radical (unpaired) electrons. The van der Waals surface area contributed by atoms with Gasteiger partial charge in [-0.3, -0.25) is 4.90 Å². The standard InChI is InChI=1S/C21H27N3O/c1-15-5-2-3-8-19(15)23-9-11-24(12-10-23)20-13-16-6-4-7-18(22)17(16)14-21(20)25/h2-8,20-21,25H,9-14,22H2,1H3. The highest BCUT2D eigenvalue weighted by Crippen LogP contribution is 2.30. The Balaban J connectivity index is 1.45. The molecule has 0 bridgehead atoms. The lowest BCUT2D eigenvalue weighted by molar-refractivity contribution is 0.0397. The number of aryl methyl sites for hydroxylation is 1. The zero-order valence-corrected chi connectivity index (χ0v) is 14.9. The van der Waals surface area contributed by atoms with E-state index in [9.17, 15) is 5.11 Å². The van der Waals surface area contributed by atoms with E-state index in [0.717, 1.165) is 43.9 Å². The van der Waals surface area contributed by atoms with Crippen LogP contribution in [0.4, 0.5) is 11.4 Å². The van der Waals surface area contributed by atoms with Crippen LogP contribution >= 0.6 is 0 Å². The number of benzene rings is 2. The Hall–Kier alpha value is -2.04. The second-order valence-electron chi connectivity index (χ2n) is 7.34. The molecule has 2 aromatic carbocycles. The molecule has 0 aromatic heterocycles. The van der Waals surface area contributed by atoms with E-state index >= 15 is 0 Å². The predicted molar refractivity (Wildman–Crippen MR) is 103 cm³/mol. The molecule has 25 heavy (non-hydrogen) atoms. The van der Waals surface area contributed by atoms with Gasteiger partial charge in [0.1, 0.15) is 0 Å². The monoisotopic (exact) mass is 337 g/mol. The van der Waals surface area contributed by atoms with Gasteiger partial charge in [0, 0.05) is 50.0 Å². The maximum atomic E-state index is 10.7. The normalized spacial score (nSPS) is 24.2. The van der Waals surface area contributed by atoms with E-state index in [4.69, 9.17) is 5.73 Å². The summed E-state index contributed by atoms with van der Waals surface area (Å²) in [5.41, 5.74) is 12.0. The fraction of sp³-hybridized carbons (Fsp3) is 0.429. The lowest BCUT2D eigenvalue weighted by Crippen LogP contribution is -2.56. The number of nitrogen functional groups attached to an aromatic ring is 1. The molecule has 0 saturated carbocycles. The molecule has 0 amide bonds. The van der Waals surface area contributed by atoms with Crippen LogP contribution in [0, 0.1) is 6.92 Å². The lowest BCUT2D eigenvalue weighted by atomic mass is 9.84. The summed E-state index contributed by atoms with van der Waals surface area (Å²) in [6.07, 6.45) is 1.23. The molecule has 4 heteroatoms. The third-order valence-electron chi connectivity index (χ3n) is 5.84. The third kappa shape index (κ3) is 3.12. The van der Waals surface area contributed by atoms with E-state index in [-0.39, 0.29) is 12.1 Å². The van der Waals surface area contributed by atoms with Crippen LogP contribution in [0.15, 0.2) is 42.5 Å². The molecule has 2 aromatic rings. The van der Waals surface area contributed by atoms with Gasteiger partial charge in [0.25, 0.3) is 0 Å². The quantitative estimate of drug-likeness (QED) is 0.825. The first kappa shape index (κ1) is 16.4. The molecule has 3 N–H and O–H groups in total. The number of hydrogen-bond donors (Lipinski definition) is 2. The molecule has 0 spiro atoms. The number of aliphatic hydroxyl groups excluding tert-OH is 1. The number of nitrogens with zero attached hydrogens (tertiary/aromatic N) is 2. The molecule has 1 saturated heterocycles. The zero-order chi connectivity index (χ0) is 17.4. The maximum Gasteiger partial charge on any atom is 0.0739 e. The van der Waals surface area contributed by atoms with Crippen LogP contribution in [0.25, 0.3) is 0 Å². The Morgan fingerprint density at radius 1 is 0.960 bits per heavy atom. The number of rotatable bonds is 2. The second kappa shape index (κ2) is 6.70. The van der Waals surface area contributed by atoms with E-state index < -0.39 is 0 Å². The summed E-state index contributed by atoms with van der Waals surface area (Å²) in [7, 11) is 0. The highest BCUT2D eigenvalue weighted by atomic mass is 16.3. The number of fused-ring (bicyclic) bond motifs is 1. The van der Waals surface area contributed by atoms with Crippen molar-refractivity contribution in [2.75, 3.05) is 36.8 Å². The van der Waals surface area contributed by atoms with E-state index in [1.54, 1.807) is 0 Å². The first-order valence-electron chi connectivity index (χ1n) is 9.22. The van der Waals surface area contributed by atoms with E-state index in [1.165, 1.54) is 16.8 Å². The van der Waals surface area contributed by atoms with Crippen molar-refractivity contribution in [1.29, 1.82) is 0 Å². The van der Waals surface area contributed by atoms with Gasteiger partial charge in [-0.2, -0.15) is 0 Å². The highest BCUT2D eigenvalue weighted by Gasteiger charge is 2.34. The molecule has 1 fully saturated rings. The average Bonchev–Trinajstić information content (AvgIpc) is 2.63. The summed E-state index contributed by atoms with van der Waals surface area (Å²) in [6, 6.07) is 14.9. The molecule has 1 aliphatic heterocycles. The first-order valence-corrected chi connectivity index (χ1v) is 9.22. The maximum absolute atomic E-state index is 10.7. The molecular formula is C21H27N3O. The van der Waals surface area contributed by atoms with Crippen LogP contribution in [0.3, 0.4) is 0 Å². The Kier molecular flexibility index (Phi) is 4.40. The lowest BCUT2D eigenvalue weighted by Gasteiger charge is -2.44. The third-order valence-corrected chi connectivity index (χ3v) is 5.84. The molecule has 2 atom stereocenters. The average molecular weight is 337 g/mol. The summed E-state index contributed by atoms with van der Waals surface area (Å²) >= 11 is 0. The number of nitrogens with two attached hydrogens (primary N) is 1. The van der Waals surface area contributed by atoms with Crippen LogP contribution in [0.2, 0.25) is 0 Å². The zero-order valence-electron chi connectivity index (χ0n) is 14.9. The minimum Gasteiger partial charge on any atom is -0.398 e. The van der Waals surface area contributed by atoms with Crippen molar-refractivity contribution in [3.63, 3.8) is 0 Å². The van der Waals surface area contributed by atoms with Gasteiger partial charge in [0.05, 0.1) is 6.10 Å². The fourth-order valence-corrected chi connectivity index (χ4v) is 4.39. The van der Waals surface area contributed by atoms with E-state index in [1.807, 2.05) is 12.1 Å².